The number of phenols is 1. The third kappa shape index (κ3) is 5.30. The van der Waals surface area contributed by atoms with E-state index in [2.05, 4.69) is 31.0 Å². The number of carbonyl (C=O) groups excluding carboxylic acids is 1. The summed E-state index contributed by atoms with van der Waals surface area (Å²) in [6.45, 7) is 6.04. The fourth-order valence-electron chi connectivity index (χ4n) is 2.39. The van der Waals surface area contributed by atoms with Crippen LogP contribution in [0.15, 0.2) is 63.9 Å². The lowest BCUT2D eigenvalue weighted by atomic mass is 9.92. The van der Waals surface area contributed by atoms with Gasteiger partial charge in [0.1, 0.15) is 11.4 Å². The highest BCUT2D eigenvalue weighted by Gasteiger charge is 2.19. The molecule has 9 heteroatoms. The highest BCUT2D eigenvalue weighted by Crippen LogP contribution is 2.28. The summed E-state index contributed by atoms with van der Waals surface area (Å²) >= 11 is 6.06. The van der Waals surface area contributed by atoms with Crippen molar-refractivity contribution >= 4 is 35.1 Å². The van der Waals surface area contributed by atoms with Crippen LogP contribution in [0, 0.1) is 0 Å². The molecule has 0 radical (unpaired) electrons. The van der Waals surface area contributed by atoms with Gasteiger partial charge in [0.25, 0.3) is 5.91 Å². The van der Waals surface area contributed by atoms with E-state index in [0.29, 0.717) is 22.0 Å². The Kier molecular flexibility index (Phi) is 6.27. The second kappa shape index (κ2) is 8.87. The minimum Gasteiger partial charge on any atom is -0.507 e. The van der Waals surface area contributed by atoms with Crippen molar-refractivity contribution in [2.24, 2.45) is 15.3 Å². The lowest BCUT2D eigenvalue weighted by molar-refractivity contribution is 0.0950. The molecule has 0 aliphatic carbocycles. The van der Waals surface area contributed by atoms with E-state index >= 15 is 0 Å². The Balaban J connectivity index is 1.69. The third-order valence-electron chi connectivity index (χ3n) is 4.13. The van der Waals surface area contributed by atoms with Gasteiger partial charge in [0, 0.05) is 16.7 Å². The number of nitrogens with one attached hydrogen (secondary N) is 2. The smallest absolute Gasteiger partial charge is 0.291 e. The van der Waals surface area contributed by atoms with E-state index in [1.165, 1.54) is 12.3 Å². The van der Waals surface area contributed by atoms with Crippen LogP contribution in [0.4, 0.5) is 11.4 Å². The fourth-order valence-corrected chi connectivity index (χ4v) is 2.57. The maximum atomic E-state index is 12.2. The minimum atomic E-state index is -0.466. The number of hydrogen-bond donors (Lipinski definition) is 3. The number of carbonyl (C=O) groups is 1. The van der Waals surface area contributed by atoms with Crippen LogP contribution >= 0.6 is 11.6 Å². The molecule has 154 valence electrons. The lowest BCUT2D eigenvalue weighted by Crippen LogP contribution is -2.18. The number of amides is 1. The third-order valence-corrected chi connectivity index (χ3v) is 4.44. The molecule has 0 bridgehead atoms. The SMILES string of the molecule is CC(C)(C)c1cc(C(=O)N/N=C/c2cc(N=Nc3ccccc3Cl)ccc2O)n[nH]1. The number of halogens is 1. The van der Waals surface area contributed by atoms with Crippen LogP contribution in [0.3, 0.4) is 0 Å². The standard InChI is InChI=1S/C21H21ClN6O2/c1-21(2,3)19-11-17(26-27-19)20(30)28-23-12-13-10-14(8-9-18(13)29)24-25-16-7-5-4-6-15(16)22/h4-12,29H,1-3H3,(H,26,27)(H,28,30)/b23-12+,25-24?. The number of H-pyrrole nitrogens is 1. The Labute approximate surface area is 178 Å². The van der Waals surface area contributed by atoms with Gasteiger partial charge in [-0.1, -0.05) is 44.5 Å². The molecule has 1 aromatic heterocycles. The maximum absolute atomic E-state index is 12.2. The number of aromatic amines is 1. The molecule has 2 aromatic carbocycles. The summed E-state index contributed by atoms with van der Waals surface area (Å²) in [7, 11) is 0. The highest BCUT2D eigenvalue weighted by atomic mass is 35.5. The first-order valence-electron chi connectivity index (χ1n) is 9.12. The van der Waals surface area contributed by atoms with Crippen LogP contribution < -0.4 is 5.43 Å². The number of rotatable bonds is 5. The summed E-state index contributed by atoms with van der Waals surface area (Å²) in [5, 5.41) is 29.5. The van der Waals surface area contributed by atoms with Gasteiger partial charge in [0.2, 0.25) is 0 Å². The summed E-state index contributed by atoms with van der Waals surface area (Å²) in [5.74, 6) is -0.480. The van der Waals surface area contributed by atoms with Crippen molar-refractivity contribution in [1.82, 2.24) is 15.6 Å². The zero-order valence-corrected chi connectivity index (χ0v) is 17.5. The van der Waals surface area contributed by atoms with Crippen molar-refractivity contribution in [3.05, 3.63) is 70.5 Å². The zero-order valence-electron chi connectivity index (χ0n) is 16.7. The molecule has 3 N–H and O–H groups in total. The first-order chi connectivity index (χ1) is 14.2. The van der Waals surface area contributed by atoms with Gasteiger partial charge in [-0.05, 0) is 36.4 Å². The van der Waals surface area contributed by atoms with Crippen LogP contribution in [0.5, 0.6) is 5.75 Å². The first kappa shape index (κ1) is 21.2. The zero-order chi connectivity index (χ0) is 21.7. The van der Waals surface area contributed by atoms with E-state index in [-0.39, 0.29) is 16.9 Å². The molecular formula is C21H21ClN6O2. The van der Waals surface area contributed by atoms with Crippen LogP contribution in [0.25, 0.3) is 0 Å². The molecule has 0 saturated carbocycles. The van der Waals surface area contributed by atoms with Crippen LogP contribution in [-0.2, 0) is 5.41 Å². The number of benzene rings is 2. The van der Waals surface area contributed by atoms with Crippen molar-refractivity contribution < 1.29 is 9.90 Å². The highest BCUT2D eigenvalue weighted by molar-refractivity contribution is 6.32. The van der Waals surface area contributed by atoms with E-state index in [9.17, 15) is 9.90 Å². The molecule has 0 fully saturated rings. The monoisotopic (exact) mass is 424 g/mol. The van der Waals surface area contributed by atoms with Gasteiger partial charge in [0.15, 0.2) is 5.69 Å². The van der Waals surface area contributed by atoms with E-state index in [1.807, 2.05) is 26.8 Å². The van der Waals surface area contributed by atoms with Gasteiger partial charge in [0.05, 0.1) is 16.9 Å². The van der Waals surface area contributed by atoms with Gasteiger partial charge in [-0.15, -0.1) is 5.11 Å². The van der Waals surface area contributed by atoms with E-state index in [4.69, 9.17) is 11.6 Å². The Hall–Kier alpha value is -3.52. The topological polar surface area (TPSA) is 115 Å². The maximum Gasteiger partial charge on any atom is 0.291 e. The molecule has 1 amide bonds. The number of aromatic nitrogens is 2. The average Bonchev–Trinajstić information content (AvgIpc) is 3.20. The average molecular weight is 425 g/mol. The molecule has 0 aliphatic rings. The normalized spacial score (nSPS) is 12.0. The first-order valence-corrected chi connectivity index (χ1v) is 9.50. The molecule has 0 spiro atoms. The molecule has 1 heterocycles. The molecule has 0 atom stereocenters. The number of nitrogens with zero attached hydrogens (tertiary/aromatic N) is 4. The number of azo groups is 1. The van der Waals surface area contributed by atoms with Gasteiger partial charge < -0.3 is 5.11 Å². The van der Waals surface area contributed by atoms with Crippen molar-refractivity contribution in [3.8, 4) is 5.75 Å². The molecule has 30 heavy (non-hydrogen) atoms. The van der Waals surface area contributed by atoms with Crippen molar-refractivity contribution in [1.29, 1.82) is 0 Å². The summed E-state index contributed by atoms with van der Waals surface area (Å²) in [6.07, 6.45) is 1.32. The molecule has 0 saturated heterocycles. The Bertz CT molecular complexity index is 1110. The van der Waals surface area contributed by atoms with Gasteiger partial charge in [-0.2, -0.15) is 15.3 Å². The van der Waals surface area contributed by atoms with Crippen LogP contribution in [0.2, 0.25) is 5.02 Å². The largest absolute Gasteiger partial charge is 0.507 e. The minimum absolute atomic E-state index is 0.0144. The predicted octanol–water partition coefficient (Wildman–Crippen LogP) is 5.25. The molecule has 0 unspecified atom stereocenters. The predicted molar refractivity (Wildman–Crippen MR) is 116 cm³/mol. The van der Waals surface area contributed by atoms with Gasteiger partial charge in [-0.3, -0.25) is 9.89 Å². The fraction of sp³-hybridized carbons (Fsp3) is 0.190. The number of phenolic OH excluding ortho intramolecular Hbond substituents is 1. The lowest BCUT2D eigenvalue weighted by Gasteiger charge is -2.14. The van der Waals surface area contributed by atoms with Crippen LogP contribution in [-0.4, -0.2) is 27.4 Å². The van der Waals surface area contributed by atoms with E-state index in [0.717, 1.165) is 5.69 Å². The Morgan fingerprint density at radius 3 is 2.63 bits per heavy atom. The van der Waals surface area contributed by atoms with Crippen molar-refractivity contribution in [2.45, 2.75) is 26.2 Å². The second-order valence-electron chi connectivity index (χ2n) is 7.51. The number of hydrogen-bond acceptors (Lipinski definition) is 6. The molecular weight excluding hydrogens is 404 g/mol. The summed E-state index contributed by atoms with van der Waals surface area (Å²) in [4.78, 5) is 12.2. The molecule has 3 rings (SSSR count). The summed E-state index contributed by atoms with van der Waals surface area (Å²) < 4.78 is 0. The summed E-state index contributed by atoms with van der Waals surface area (Å²) in [5.41, 5.74) is 4.68. The Morgan fingerprint density at radius 2 is 1.93 bits per heavy atom. The van der Waals surface area contributed by atoms with Crippen molar-refractivity contribution in [2.75, 3.05) is 0 Å². The van der Waals surface area contributed by atoms with Crippen molar-refractivity contribution in [3.63, 3.8) is 0 Å². The number of hydrazone groups is 1. The Morgan fingerprint density at radius 1 is 1.17 bits per heavy atom. The van der Waals surface area contributed by atoms with Gasteiger partial charge >= 0.3 is 0 Å². The quantitative estimate of drug-likeness (QED) is 0.295. The van der Waals surface area contributed by atoms with E-state index < -0.39 is 5.91 Å². The second-order valence-corrected chi connectivity index (χ2v) is 7.92. The van der Waals surface area contributed by atoms with Gasteiger partial charge in [-0.25, -0.2) is 5.43 Å². The van der Waals surface area contributed by atoms with E-state index in [1.54, 1.807) is 36.4 Å². The molecule has 8 nitrogen and oxygen atoms in total. The summed E-state index contributed by atoms with van der Waals surface area (Å²) in [6, 6.07) is 13.4. The molecule has 0 aliphatic heterocycles. The number of aromatic hydroxyl groups is 1. The molecule has 3 aromatic rings. The van der Waals surface area contributed by atoms with Crippen LogP contribution in [0.1, 0.15) is 42.5 Å².